The van der Waals surface area contributed by atoms with Crippen LogP contribution in [0.5, 0.6) is 0 Å². The summed E-state index contributed by atoms with van der Waals surface area (Å²) < 4.78 is 5.40. The van der Waals surface area contributed by atoms with E-state index in [9.17, 15) is 0 Å². The number of rotatable bonds is 4. The van der Waals surface area contributed by atoms with Crippen molar-refractivity contribution < 1.29 is 9.84 Å². The first-order chi connectivity index (χ1) is 7.68. The Morgan fingerprint density at radius 3 is 2.62 bits per heavy atom. The standard InChI is InChI=1S/C14H20O2/c1-11-4-5-12(2)13(8-11)14(6-3-7-15)9-16-10-14/h4-5,8,15H,3,6-7,9-10H2,1-2H3. The van der Waals surface area contributed by atoms with Gasteiger partial charge in [-0.1, -0.05) is 23.8 Å². The largest absolute Gasteiger partial charge is 0.396 e. The Hall–Kier alpha value is -0.860. The molecule has 0 unspecified atom stereocenters. The molecule has 2 rings (SSSR count). The number of aliphatic hydroxyl groups excluding tert-OH is 1. The SMILES string of the molecule is Cc1ccc(C)c(C2(CCCO)COC2)c1. The van der Waals surface area contributed by atoms with Crippen LogP contribution in [0, 0.1) is 13.8 Å². The molecule has 1 aliphatic heterocycles. The van der Waals surface area contributed by atoms with E-state index in [0.29, 0.717) is 0 Å². The summed E-state index contributed by atoms with van der Waals surface area (Å²) in [7, 11) is 0. The molecule has 0 amide bonds. The quantitative estimate of drug-likeness (QED) is 0.844. The maximum absolute atomic E-state index is 8.98. The van der Waals surface area contributed by atoms with Gasteiger partial charge in [-0.3, -0.25) is 0 Å². The van der Waals surface area contributed by atoms with Gasteiger partial charge in [0.2, 0.25) is 0 Å². The van der Waals surface area contributed by atoms with Crippen LogP contribution in [0.1, 0.15) is 29.5 Å². The van der Waals surface area contributed by atoms with Gasteiger partial charge in [-0.15, -0.1) is 0 Å². The Morgan fingerprint density at radius 2 is 2.06 bits per heavy atom. The van der Waals surface area contributed by atoms with Gasteiger partial charge in [0, 0.05) is 12.0 Å². The van der Waals surface area contributed by atoms with Gasteiger partial charge >= 0.3 is 0 Å². The lowest BCUT2D eigenvalue weighted by atomic mass is 9.73. The van der Waals surface area contributed by atoms with E-state index >= 15 is 0 Å². The van der Waals surface area contributed by atoms with Crippen LogP contribution in [0.15, 0.2) is 18.2 Å². The Balaban J connectivity index is 2.28. The molecule has 1 aromatic carbocycles. The minimum Gasteiger partial charge on any atom is -0.396 e. The van der Waals surface area contributed by atoms with Crippen LogP contribution >= 0.6 is 0 Å². The fourth-order valence-electron chi connectivity index (χ4n) is 2.51. The van der Waals surface area contributed by atoms with Gasteiger partial charge in [0.1, 0.15) is 0 Å². The highest BCUT2D eigenvalue weighted by Crippen LogP contribution is 2.38. The van der Waals surface area contributed by atoms with Gasteiger partial charge in [0.15, 0.2) is 0 Å². The zero-order valence-corrected chi connectivity index (χ0v) is 10.1. The molecule has 1 fully saturated rings. The Labute approximate surface area is 97.3 Å². The molecule has 1 aromatic rings. The summed E-state index contributed by atoms with van der Waals surface area (Å²) in [4.78, 5) is 0. The van der Waals surface area contributed by atoms with E-state index in [0.717, 1.165) is 26.1 Å². The molecule has 0 bridgehead atoms. The number of aryl methyl sites for hydroxylation is 2. The lowest BCUT2D eigenvalue weighted by Crippen LogP contribution is -2.47. The summed E-state index contributed by atoms with van der Waals surface area (Å²) in [5, 5.41) is 8.98. The van der Waals surface area contributed by atoms with E-state index in [1.54, 1.807) is 0 Å². The van der Waals surface area contributed by atoms with Crippen molar-refractivity contribution in [3.63, 3.8) is 0 Å². The zero-order valence-electron chi connectivity index (χ0n) is 10.1. The predicted molar refractivity (Wildman–Crippen MR) is 64.7 cm³/mol. The molecule has 0 aliphatic carbocycles. The third-order valence-electron chi connectivity index (χ3n) is 3.53. The van der Waals surface area contributed by atoms with E-state index in [1.807, 2.05) is 0 Å². The highest BCUT2D eigenvalue weighted by molar-refractivity contribution is 5.38. The van der Waals surface area contributed by atoms with Crippen LogP contribution in [0.3, 0.4) is 0 Å². The molecule has 1 aliphatic rings. The topological polar surface area (TPSA) is 29.5 Å². The fourth-order valence-corrected chi connectivity index (χ4v) is 2.51. The second-order valence-corrected chi connectivity index (χ2v) is 4.92. The van der Waals surface area contributed by atoms with E-state index in [1.165, 1.54) is 16.7 Å². The molecule has 0 spiro atoms. The number of ether oxygens (including phenoxy) is 1. The van der Waals surface area contributed by atoms with Gasteiger partial charge in [-0.25, -0.2) is 0 Å². The predicted octanol–water partition coefficient (Wildman–Crippen LogP) is 2.34. The van der Waals surface area contributed by atoms with Gasteiger partial charge in [-0.2, -0.15) is 0 Å². The molecule has 0 aromatic heterocycles. The van der Waals surface area contributed by atoms with Crippen LogP contribution < -0.4 is 0 Å². The Morgan fingerprint density at radius 1 is 1.31 bits per heavy atom. The maximum Gasteiger partial charge on any atom is 0.0585 e. The van der Waals surface area contributed by atoms with E-state index in [2.05, 4.69) is 32.0 Å². The first-order valence-corrected chi connectivity index (χ1v) is 5.94. The van der Waals surface area contributed by atoms with Crippen molar-refractivity contribution in [2.75, 3.05) is 19.8 Å². The molecule has 0 radical (unpaired) electrons. The molecule has 1 N–H and O–H groups in total. The van der Waals surface area contributed by atoms with Gasteiger partial charge < -0.3 is 9.84 Å². The van der Waals surface area contributed by atoms with Gasteiger partial charge in [-0.05, 0) is 37.8 Å². The first kappa shape index (κ1) is 11.6. The molecule has 0 atom stereocenters. The van der Waals surface area contributed by atoms with Crippen LogP contribution in [0.4, 0.5) is 0 Å². The maximum atomic E-state index is 8.98. The summed E-state index contributed by atoms with van der Waals surface area (Å²) in [5.41, 5.74) is 4.22. The molecule has 16 heavy (non-hydrogen) atoms. The third kappa shape index (κ3) is 2.00. The van der Waals surface area contributed by atoms with Crippen molar-refractivity contribution in [3.05, 3.63) is 34.9 Å². The van der Waals surface area contributed by atoms with Crippen molar-refractivity contribution in [2.45, 2.75) is 32.1 Å². The summed E-state index contributed by atoms with van der Waals surface area (Å²) in [6.45, 7) is 6.16. The van der Waals surface area contributed by atoms with Crippen LogP contribution in [0.25, 0.3) is 0 Å². The smallest absolute Gasteiger partial charge is 0.0585 e. The summed E-state index contributed by atoms with van der Waals surface area (Å²) >= 11 is 0. The highest BCUT2D eigenvalue weighted by atomic mass is 16.5. The minimum absolute atomic E-state index is 0.166. The second kappa shape index (κ2) is 4.56. The lowest BCUT2D eigenvalue weighted by molar-refractivity contribution is -0.0668. The van der Waals surface area contributed by atoms with Crippen molar-refractivity contribution >= 4 is 0 Å². The molecule has 2 nitrogen and oxygen atoms in total. The molecule has 1 heterocycles. The molecule has 1 saturated heterocycles. The summed E-state index contributed by atoms with van der Waals surface area (Å²) in [5.74, 6) is 0. The molecular weight excluding hydrogens is 200 g/mol. The minimum atomic E-state index is 0.166. The molecular formula is C14H20O2. The molecule has 88 valence electrons. The fraction of sp³-hybridized carbons (Fsp3) is 0.571. The van der Waals surface area contributed by atoms with Crippen molar-refractivity contribution in [1.82, 2.24) is 0 Å². The lowest BCUT2D eigenvalue weighted by Gasteiger charge is -2.43. The van der Waals surface area contributed by atoms with Crippen molar-refractivity contribution in [2.24, 2.45) is 0 Å². The first-order valence-electron chi connectivity index (χ1n) is 5.94. The zero-order chi connectivity index (χ0) is 11.6. The monoisotopic (exact) mass is 220 g/mol. The number of hydrogen-bond donors (Lipinski definition) is 1. The van der Waals surface area contributed by atoms with Crippen molar-refractivity contribution in [1.29, 1.82) is 0 Å². The molecule has 0 saturated carbocycles. The Kier molecular flexibility index (Phi) is 3.31. The molecule has 2 heteroatoms. The Bertz CT molecular complexity index is 367. The van der Waals surface area contributed by atoms with E-state index < -0.39 is 0 Å². The van der Waals surface area contributed by atoms with E-state index in [-0.39, 0.29) is 12.0 Å². The summed E-state index contributed by atoms with van der Waals surface area (Å²) in [6.07, 6.45) is 1.88. The van der Waals surface area contributed by atoms with Crippen LogP contribution in [-0.4, -0.2) is 24.9 Å². The van der Waals surface area contributed by atoms with Crippen LogP contribution in [0.2, 0.25) is 0 Å². The normalized spacial score (nSPS) is 18.2. The van der Waals surface area contributed by atoms with E-state index in [4.69, 9.17) is 9.84 Å². The van der Waals surface area contributed by atoms with Crippen molar-refractivity contribution in [3.8, 4) is 0 Å². The average Bonchev–Trinajstić information content (AvgIpc) is 2.21. The number of hydrogen-bond acceptors (Lipinski definition) is 2. The third-order valence-corrected chi connectivity index (χ3v) is 3.53. The highest BCUT2D eigenvalue weighted by Gasteiger charge is 2.40. The average molecular weight is 220 g/mol. The number of aliphatic hydroxyl groups is 1. The van der Waals surface area contributed by atoms with Crippen LogP contribution in [-0.2, 0) is 10.2 Å². The number of benzene rings is 1. The van der Waals surface area contributed by atoms with Gasteiger partial charge in [0.25, 0.3) is 0 Å². The summed E-state index contributed by atoms with van der Waals surface area (Å²) in [6, 6.07) is 6.61. The second-order valence-electron chi connectivity index (χ2n) is 4.92. The van der Waals surface area contributed by atoms with Gasteiger partial charge in [0.05, 0.1) is 13.2 Å².